The molecule has 0 aliphatic heterocycles. The van der Waals surface area contributed by atoms with Crippen LogP contribution >= 0.6 is 0 Å². The summed E-state index contributed by atoms with van der Waals surface area (Å²) in [6.07, 6.45) is 3.51. The Morgan fingerprint density at radius 3 is 2.83 bits per heavy atom. The summed E-state index contributed by atoms with van der Waals surface area (Å²) in [5.74, 6) is 0. The molecule has 18 heavy (non-hydrogen) atoms. The number of nitrogens with one attached hydrogen (secondary N) is 1. The second-order valence-electron chi connectivity index (χ2n) is 5.40. The molecule has 3 rings (SSSR count). The highest BCUT2D eigenvalue weighted by atomic mass is 15.0. The molecule has 0 atom stereocenters. The summed E-state index contributed by atoms with van der Waals surface area (Å²) in [5, 5.41) is 4.68. The SMILES string of the molecule is Cc1cc(NCC2(N)CCC2)c2ccccc2n1. The van der Waals surface area contributed by atoms with Crippen LogP contribution in [0.1, 0.15) is 25.0 Å². The van der Waals surface area contributed by atoms with Crippen molar-refractivity contribution in [2.24, 2.45) is 5.73 Å². The number of para-hydroxylation sites is 1. The van der Waals surface area contributed by atoms with Crippen molar-refractivity contribution in [3.63, 3.8) is 0 Å². The number of nitrogens with two attached hydrogens (primary N) is 1. The number of benzene rings is 1. The van der Waals surface area contributed by atoms with Crippen molar-refractivity contribution >= 4 is 16.6 Å². The first-order valence-electron chi connectivity index (χ1n) is 6.55. The van der Waals surface area contributed by atoms with Gasteiger partial charge in [-0.2, -0.15) is 0 Å². The van der Waals surface area contributed by atoms with Crippen LogP contribution in [0.2, 0.25) is 0 Å². The Labute approximate surface area is 107 Å². The molecule has 1 heterocycles. The average molecular weight is 241 g/mol. The highest BCUT2D eigenvalue weighted by molar-refractivity contribution is 5.91. The molecule has 0 radical (unpaired) electrons. The molecule has 1 fully saturated rings. The minimum absolute atomic E-state index is 0.00171. The van der Waals surface area contributed by atoms with Crippen molar-refractivity contribution in [1.82, 2.24) is 4.98 Å². The molecule has 1 aromatic carbocycles. The zero-order valence-corrected chi connectivity index (χ0v) is 10.7. The van der Waals surface area contributed by atoms with Gasteiger partial charge in [-0.3, -0.25) is 4.98 Å². The number of hydrogen-bond acceptors (Lipinski definition) is 3. The molecule has 1 aliphatic rings. The molecular weight excluding hydrogens is 222 g/mol. The molecule has 1 aromatic heterocycles. The van der Waals surface area contributed by atoms with Crippen molar-refractivity contribution in [2.75, 3.05) is 11.9 Å². The largest absolute Gasteiger partial charge is 0.383 e. The maximum absolute atomic E-state index is 6.25. The fourth-order valence-electron chi connectivity index (χ4n) is 2.53. The third kappa shape index (κ3) is 2.06. The number of aryl methyl sites for hydroxylation is 1. The van der Waals surface area contributed by atoms with Crippen LogP contribution in [0.3, 0.4) is 0 Å². The molecular formula is C15H19N3. The van der Waals surface area contributed by atoms with E-state index in [-0.39, 0.29) is 5.54 Å². The molecule has 0 unspecified atom stereocenters. The number of hydrogen-bond donors (Lipinski definition) is 2. The smallest absolute Gasteiger partial charge is 0.0725 e. The van der Waals surface area contributed by atoms with Crippen LogP contribution in [0.15, 0.2) is 30.3 Å². The molecule has 1 saturated carbocycles. The summed E-state index contributed by atoms with van der Waals surface area (Å²) in [4.78, 5) is 4.54. The van der Waals surface area contributed by atoms with Crippen LogP contribution in [0.25, 0.3) is 10.9 Å². The van der Waals surface area contributed by atoms with E-state index in [1.807, 2.05) is 19.1 Å². The van der Waals surface area contributed by atoms with Gasteiger partial charge < -0.3 is 11.1 Å². The fourth-order valence-corrected chi connectivity index (χ4v) is 2.53. The third-order valence-corrected chi connectivity index (χ3v) is 3.82. The second kappa shape index (κ2) is 4.25. The van der Waals surface area contributed by atoms with E-state index >= 15 is 0 Å². The first kappa shape index (κ1) is 11.5. The van der Waals surface area contributed by atoms with Gasteiger partial charge in [0, 0.05) is 28.9 Å². The van der Waals surface area contributed by atoms with E-state index < -0.39 is 0 Å². The zero-order valence-electron chi connectivity index (χ0n) is 10.7. The predicted octanol–water partition coefficient (Wildman–Crippen LogP) is 2.84. The van der Waals surface area contributed by atoms with E-state index in [0.717, 1.165) is 36.3 Å². The Morgan fingerprint density at radius 1 is 1.33 bits per heavy atom. The maximum Gasteiger partial charge on any atom is 0.0725 e. The number of nitrogens with zero attached hydrogens (tertiary/aromatic N) is 1. The van der Waals surface area contributed by atoms with E-state index in [9.17, 15) is 0 Å². The van der Waals surface area contributed by atoms with E-state index in [1.54, 1.807) is 0 Å². The van der Waals surface area contributed by atoms with Crippen molar-refractivity contribution in [2.45, 2.75) is 31.7 Å². The summed E-state index contributed by atoms with van der Waals surface area (Å²) in [6.45, 7) is 2.87. The molecule has 2 aromatic rings. The number of rotatable bonds is 3. The number of anilines is 1. The molecule has 0 saturated heterocycles. The maximum atomic E-state index is 6.25. The summed E-state index contributed by atoms with van der Waals surface area (Å²) in [7, 11) is 0. The monoisotopic (exact) mass is 241 g/mol. The van der Waals surface area contributed by atoms with Crippen molar-refractivity contribution in [1.29, 1.82) is 0 Å². The fraction of sp³-hybridized carbons (Fsp3) is 0.400. The lowest BCUT2D eigenvalue weighted by atomic mass is 9.78. The quantitative estimate of drug-likeness (QED) is 0.868. The summed E-state index contributed by atoms with van der Waals surface area (Å²) in [5.41, 5.74) is 9.48. The highest BCUT2D eigenvalue weighted by Crippen LogP contribution is 2.30. The zero-order chi connectivity index (χ0) is 12.6. The van der Waals surface area contributed by atoms with Gasteiger partial charge in [0.1, 0.15) is 0 Å². The van der Waals surface area contributed by atoms with Crippen LogP contribution in [-0.2, 0) is 0 Å². The summed E-state index contributed by atoms with van der Waals surface area (Å²) in [6, 6.07) is 10.3. The molecule has 3 heteroatoms. The highest BCUT2D eigenvalue weighted by Gasteiger charge is 2.32. The Morgan fingerprint density at radius 2 is 2.11 bits per heavy atom. The Hall–Kier alpha value is -1.61. The van der Waals surface area contributed by atoms with Gasteiger partial charge in [0.2, 0.25) is 0 Å². The van der Waals surface area contributed by atoms with E-state index in [2.05, 4.69) is 28.5 Å². The third-order valence-electron chi connectivity index (χ3n) is 3.82. The van der Waals surface area contributed by atoms with Gasteiger partial charge in [-0.1, -0.05) is 18.2 Å². The van der Waals surface area contributed by atoms with E-state index in [0.29, 0.717) is 0 Å². The van der Waals surface area contributed by atoms with Gasteiger partial charge in [0.25, 0.3) is 0 Å². The minimum Gasteiger partial charge on any atom is -0.383 e. The topological polar surface area (TPSA) is 50.9 Å². The second-order valence-corrected chi connectivity index (χ2v) is 5.40. The average Bonchev–Trinajstić information content (AvgIpc) is 2.33. The lowest BCUT2D eigenvalue weighted by molar-refractivity contribution is 0.265. The molecule has 3 N–H and O–H groups in total. The summed E-state index contributed by atoms with van der Waals surface area (Å²) < 4.78 is 0. The molecule has 0 amide bonds. The Kier molecular flexibility index (Phi) is 2.71. The predicted molar refractivity (Wildman–Crippen MR) is 75.7 cm³/mol. The molecule has 94 valence electrons. The van der Waals surface area contributed by atoms with Crippen molar-refractivity contribution in [3.05, 3.63) is 36.0 Å². The Bertz CT molecular complexity index is 573. The molecule has 0 spiro atoms. The van der Waals surface area contributed by atoms with Crippen LogP contribution in [0.5, 0.6) is 0 Å². The van der Waals surface area contributed by atoms with Crippen LogP contribution < -0.4 is 11.1 Å². The molecule has 0 bridgehead atoms. The van der Waals surface area contributed by atoms with Crippen LogP contribution in [0, 0.1) is 6.92 Å². The lowest BCUT2D eigenvalue weighted by Crippen LogP contribution is -2.51. The van der Waals surface area contributed by atoms with Gasteiger partial charge in [-0.05, 0) is 38.3 Å². The van der Waals surface area contributed by atoms with Gasteiger partial charge >= 0.3 is 0 Å². The van der Waals surface area contributed by atoms with Gasteiger partial charge in [-0.25, -0.2) is 0 Å². The first-order valence-corrected chi connectivity index (χ1v) is 6.55. The number of fused-ring (bicyclic) bond motifs is 1. The van der Waals surface area contributed by atoms with Crippen LogP contribution in [-0.4, -0.2) is 17.1 Å². The van der Waals surface area contributed by atoms with Gasteiger partial charge in [-0.15, -0.1) is 0 Å². The normalized spacial score (nSPS) is 17.4. The van der Waals surface area contributed by atoms with Crippen molar-refractivity contribution in [3.8, 4) is 0 Å². The molecule has 3 nitrogen and oxygen atoms in total. The first-order chi connectivity index (χ1) is 8.66. The van der Waals surface area contributed by atoms with Crippen LogP contribution in [0.4, 0.5) is 5.69 Å². The van der Waals surface area contributed by atoms with Gasteiger partial charge in [0.05, 0.1) is 5.52 Å². The minimum atomic E-state index is -0.00171. The lowest BCUT2D eigenvalue weighted by Gasteiger charge is -2.38. The standard InChI is InChI=1S/C15H19N3/c1-11-9-14(17-10-15(16)7-4-8-15)12-5-2-3-6-13(12)18-11/h2-3,5-6,9H,4,7-8,10,16H2,1H3,(H,17,18). The van der Waals surface area contributed by atoms with Crippen molar-refractivity contribution < 1.29 is 0 Å². The molecule has 1 aliphatic carbocycles. The van der Waals surface area contributed by atoms with E-state index in [4.69, 9.17) is 5.73 Å². The summed E-state index contributed by atoms with van der Waals surface area (Å²) >= 11 is 0. The number of aromatic nitrogens is 1. The van der Waals surface area contributed by atoms with Gasteiger partial charge in [0.15, 0.2) is 0 Å². The number of pyridine rings is 1. The van der Waals surface area contributed by atoms with E-state index in [1.165, 1.54) is 11.8 Å². The Balaban J connectivity index is 1.90.